The van der Waals surface area contributed by atoms with Crippen LogP contribution in [0.5, 0.6) is 0 Å². The van der Waals surface area contributed by atoms with Gasteiger partial charge < -0.3 is 15.5 Å². The first-order valence-electron chi connectivity index (χ1n) is 10.3. The van der Waals surface area contributed by atoms with E-state index in [0.29, 0.717) is 31.6 Å². The van der Waals surface area contributed by atoms with Crippen LogP contribution in [0.2, 0.25) is 0 Å². The lowest BCUT2D eigenvalue weighted by Crippen LogP contribution is -2.58. The largest absolute Gasteiger partial charge is 0.322 e. The molecule has 0 spiro atoms. The van der Waals surface area contributed by atoms with Crippen LogP contribution >= 0.6 is 0 Å². The fourth-order valence-electron chi connectivity index (χ4n) is 5.31. The Morgan fingerprint density at radius 3 is 2.75 bits per heavy atom. The van der Waals surface area contributed by atoms with E-state index in [2.05, 4.69) is 16.0 Å². The van der Waals surface area contributed by atoms with Crippen molar-refractivity contribution in [2.24, 2.45) is 5.92 Å². The molecule has 2 bridgehead atoms. The number of piperidine rings is 3. The van der Waals surface area contributed by atoms with Gasteiger partial charge in [0.25, 0.3) is 5.91 Å². The fraction of sp³-hybridized carbons (Fsp3) is 0.571. The highest BCUT2D eigenvalue weighted by Gasteiger charge is 2.40. The molecule has 4 heterocycles. The van der Waals surface area contributed by atoms with Crippen molar-refractivity contribution in [3.63, 3.8) is 0 Å². The number of carbonyl (C=O) groups is 3. The van der Waals surface area contributed by atoms with Crippen molar-refractivity contribution < 1.29 is 14.4 Å². The Balaban J connectivity index is 1.31. The van der Waals surface area contributed by atoms with E-state index in [4.69, 9.17) is 0 Å². The molecule has 0 radical (unpaired) electrons. The molecule has 4 atom stereocenters. The van der Waals surface area contributed by atoms with Gasteiger partial charge in [-0.15, -0.1) is 0 Å². The molecule has 5 aliphatic rings. The zero-order chi connectivity index (χ0) is 19.3. The van der Waals surface area contributed by atoms with E-state index in [9.17, 15) is 14.4 Å². The number of fused-ring (bicyclic) bond motifs is 4. The number of benzene rings is 1. The predicted molar refractivity (Wildman–Crippen MR) is 102 cm³/mol. The molecule has 3 N–H and O–H groups in total. The molecule has 7 nitrogen and oxygen atoms in total. The summed E-state index contributed by atoms with van der Waals surface area (Å²) < 4.78 is 0. The molecular formula is C21H26N4O3. The Morgan fingerprint density at radius 1 is 1.14 bits per heavy atom. The minimum Gasteiger partial charge on any atom is -0.322 e. The molecule has 1 aromatic carbocycles. The molecule has 28 heavy (non-hydrogen) atoms. The topological polar surface area (TPSA) is 90.5 Å². The molecule has 1 aliphatic carbocycles. The maximum atomic E-state index is 13.1. The average Bonchev–Trinajstić information content (AvgIpc) is 3.04. The van der Waals surface area contributed by atoms with Gasteiger partial charge in [0.2, 0.25) is 11.8 Å². The van der Waals surface area contributed by atoms with E-state index in [1.54, 1.807) is 4.90 Å². The van der Waals surface area contributed by atoms with Crippen LogP contribution in [0, 0.1) is 5.92 Å². The molecule has 148 valence electrons. The number of rotatable bonds is 4. The van der Waals surface area contributed by atoms with Crippen molar-refractivity contribution in [2.45, 2.75) is 63.3 Å². The number of hydrogen-bond acceptors (Lipinski definition) is 5. The van der Waals surface area contributed by atoms with E-state index in [1.807, 2.05) is 18.2 Å². The van der Waals surface area contributed by atoms with Crippen LogP contribution in [0.4, 0.5) is 0 Å². The molecule has 3 saturated heterocycles. The van der Waals surface area contributed by atoms with Gasteiger partial charge in [0, 0.05) is 37.2 Å². The van der Waals surface area contributed by atoms with Crippen molar-refractivity contribution in [3.8, 4) is 0 Å². The number of nitrogens with one attached hydrogen (secondary N) is 3. The minimum atomic E-state index is -0.559. The molecule has 0 aromatic heterocycles. The maximum Gasteiger partial charge on any atom is 0.255 e. The highest BCUT2D eigenvalue weighted by atomic mass is 16.2. The van der Waals surface area contributed by atoms with Crippen molar-refractivity contribution in [3.05, 3.63) is 34.9 Å². The summed E-state index contributed by atoms with van der Waals surface area (Å²) in [7, 11) is 0. The molecule has 6 rings (SSSR count). The fourth-order valence-corrected chi connectivity index (χ4v) is 5.31. The smallest absolute Gasteiger partial charge is 0.255 e. The predicted octanol–water partition coefficient (Wildman–Crippen LogP) is 0.678. The SMILES string of the molecule is O=C1CCC(N2Cc3cccc(CNC4CC5CCC4NC5)c3C2=O)C(=O)N1. The van der Waals surface area contributed by atoms with Gasteiger partial charge in [0.1, 0.15) is 6.04 Å². The third-order valence-corrected chi connectivity index (χ3v) is 6.82. The quantitative estimate of drug-likeness (QED) is 0.666. The molecule has 4 aliphatic heterocycles. The lowest BCUT2D eigenvalue weighted by Gasteiger charge is -2.43. The number of carbonyl (C=O) groups excluding carboxylic acids is 3. The number of amides is 3. The second kappa shape index (κ2) is 6.97. The summed E-state index contributed by atoms with van der Waals surface area (Å²) >= 11 is 0. The van der Waals surface area contributed by atoms with Crippen molar-refractivity contribution in [1.82, 2.24) is 20.9 Å². The van der Waals surface area contributed by atoms with Crippen LogP contribution in [0.1, 0.15) is 53.6 Å². The number of imide groups is 1. The first-order valence-corrected chi connectivity index (χ1v) is 10.3. The standard InChI is InChI=1S/C21H26N4O3/c26-18-7-6-17(20(27)24-18)25-11-14-3-1-2-13(19(14)21(25)28)10-23-16-8-12-4-5-15(16)22-9-12/h1-3,12,15-17,22-23H,4-11H2,(H,24,26,27). The van der Waals surface area contributed by atoms with Crippen LogP contribution in [0.25, 0.3) is 0 Å². The summed E-state index contributed by atoms with van der Waals surface area (Å²) in [5.74, 6) is 0.0471. The third kappa shape index (κ3) is 3.02. The maximum absolute atomic E-state index is 13.1. The average molecular weight is 382 g/mol. The molecule has 4 unspecified atom stereocenters. The first-order chi connectivity index (χ1) is 13.6. The Labute approximate surface area is 164 Å². The van der Waals surface area contributed by atoms with E-state index >= 15 is 0 Å². The highest BCUT2D eigenvalue weighted by Crippen LogP contribution is 2.32. The van der Waals surface area contributed by atoms with Crippen LogP contribution in [0.15, 0.2) is 18.2 Å². The van der Waals surface area contributed by atoms with Crippen molar-refractivity contribution >= 4 is 17.7 Å². The zero-order valence-electron chi connectivity index (χ0n) is 15.9. The highest BCUT2D eigenvalue weighted by molar-refractivity contribution is 6.05. The summed E-state index contributed by atoms with van der Waals surface area (Å²) in [6, 6.07) is 6.38. The van der Waals surface area contributed by atoms with Crippen LogP contribution < -0.4 is 16.0 Å². The van der Waals surface area contributed by atoms with Gasteiger partial charge in [-0.1, -0.05) is 18.2 Å². The van der Waals surface area contributed by atoms with E-state index in [-0.39, 0.29) is 24.1 Å². The monoisotopic (exact) mass is 382 g/mol. The van der Waals surface area contributed by atoms with Gasteiger partial charge in [-0.2, -0.15) is 0 Å². The lowest BCUT2D eigenvalue weighted by molar-refractivity contribution is -0.136. The van der Waals surface area contributed by atoms with Crippen molar-refractivity contribution in [2.75, 3.05) is 6.54 Å². The normalized spacial score (nSPS) is 31.9. The second-order valence-corrected chi connectivity index (χ2v) is 8.53. The van der Waals surface area contributed by atoms with E-state index in [1.165, 1.54) is 19.3 Å². The number of hydrogen-bond donors (Lipinski definition) is 3. The molecule has 1 aromatic rings. The summed E-state index contributed by atoms with van der Waals surface area (Å²) in [5.41, 5.74) is 2.70. The van der Waals surface area contributed by atoms with Gasteiger partial charge in [0.05, 0.1) is 0 Å². The summed E-state index contributed by atoms with van der Waals surface area (Å²) in [4.78, 5) is 38.4. The summed E-state index contributed by atoms with van der Waals surface area (Å²) in [6.45, 7) is 2.22. The van der Waals surface area contributed by atoms with Crippen LogP contribution in [-0.2, 0) is 22.7 Å². The Morgan fingerprint density at radius 2 is 2.04 bits per heavy atom. The molecule has 1 saturated carbocycles. The zero-order valence-corrected chi connectivity index (χ0v) is 15.9. The summed E-state index contributed by atoms with van der Waals surface area (Å²) in [6.07, 6.45) is 4.41. The van der Waals surface area contributed by atoms with Gasteiger partial charge in [-0.3, -0.25) is 19.7 Å². The minimum absolute atomic E-state index is 0.0924. The molecule has 4 fully saturated rings. The number of nitrogens with zero attached hydrogens (tertiary/aromatic N) is 1. The Bertz CT molecular complexity index is 831. The van der Waals surface area contributed by atoms with Gasteiger partial charge in [-0.25, -0.2) is 0 Å². The molecule has 3 amide bonds. The van der Waals surface area contributed by atoms with Gasteiger partial charge in [-0.05, 0) is 49.3 Å². The molecule has 7 heteroatoms. The molecular weight excluding hydrogens is 356 g/mol. The van der Waals surface area contributed by atoms with E-state index < -0.39 is 6.04 Å². The van der Waals surface area contributed by atoms with Gasteiger partial charge in [0.15, 0.2) is 0 Å². The Hall–Kier alpha value is -2.25. The first kappa shape index (κ1) is 17.8. The second-order valence-electron chi connectivity index (χ2n) is 8.53. The van der Waals surface area contributed by atoms with Crippen LogP contribution in [0.3, 0.4) is 0 Å². The Kier molecular flexibility index (Phi) is 4.44. The lowest BCUT2D eigenvalue weighted by atomic mass is 9.78. The van der Waals surface area contributed by atoms with E-state index in [0.717, 1.165) is 29.2 Å². The van der Waals surface area contributed by atoms with Gasteiger partial charge >= 0.3 is 0 Å². The van der Waals surface area contributed by atoms with Crippen LogP contribution in [-0.4, -0.2) is 47.3 Å². The van der Waals surface area contributed by atoms with Crippen molar-refractivity contribution in [1.29, 1.82) is 0 Å². The summed E-state index contributed by atoms with van der Waals surface area (Å²) in [5, 5.41) is 9.65. The third-order valence-electron chi connectivity index (χ3n) is 6.82.